The lowest BCUT2D eigenvalue weighted by molar-refractivity contribution is -0.135. The first-order chi connectivity index (χ1) is 11.0. The molecule has 0 radical (unpaired) electrons. The van der Waals surface area contributed by atoms with Crippen LogP contribution < -0.4 is 10.5 Å². The standard InChI is InChI=1S/C17H26ClN3O2.ClH/c1-13(2)16(19)17(22)21-9-7-20(8-10-21)11-12-23-15-5-3-14(18)4-6-15;/h3-6,13,16H,7-12,19H2,1-2H3;1H/t16-;/m0./s1. The number of carbonyl (C=O) groups is 1. The number of nitrogens with two attached hydrogens (primary N) is 1. The number of hydrogen-bond acceptors (Lipinski definition) is 4. The number of rotatable bonds is 6. The molecule has 0 unspecified atom stereocenters. The van der Waals surface area contributed by atoms with E-state index in [-0.39, 0.29) is 24.2 Å². The molecule has 1 fully saturated rings. The highest BCUT2D eigenvalue weighted by Crippen LogP contribution is 2.15. The van der Waals surface area contributed by atoms with Crippen LogP contribution in [-0.2, 0) is 4.79 Å². The summed E-state index contributed by atoms with van der Waals surface area (Å²) >= 11 is 5.84. The summed E-state index contributed by atoms with van der Waals surface area (Å²) in [5, 5.41) is 0.706. The maximum absolute atomic E-state index is 12.2. The molecular weight excluding hydrogens is 349 g/mol. The molecule has 1 atom stereocenters. The first kappa shape index (κ1) is 21.0. The summed E-state index contributed by atoms with van der Waals surface area (Å²) in [5.74, 6) is 1.07. The van der Waals surface area contributed by atoms with Crippen LogP contribution in [0.2, 0.25) is 5.02 Å². The molecule has 0 saturated carbocycles. The third-order valence-corrected chi connectivity index (χ3v) is 4.43. The van der Waals surface area contributed by atoms with Crippen LogP contribution in [0.5, 0.6) is 5.75 Å². The number of piperazine rings is 1. The van der Waals surface area contributed by atoms with Gasteiger partial charge in [0.1, 0.15) is 12.4 Å². The van der Waals surface area contributed by atoms with Crippen molar-refractivity contribution in [2.75, 3.05) is 39.3 Å². The Kier molecular flexibility index (Phi) is 8.84. The quantitative estimate of drug-likeness (QED) is 0.828. The monoisotopic (exact) mass is 375 g/mol. The SMILES string of the molecule is CC(C)[C@H](N)C(=O)N1CCN(CCOc2ccc(Cl)cc2)CC1.Cl. The molecule has 136 valence electrons. The smallest absolute Gasteiger partial charge is 0.239 e. The molecule has 1 aromatic carbocycles. The molecule has 0 aliphatic carbocycles. The predicted octanol–water partition coefficient (Wildman–Crippen LogP) is 2.27. The fourth-order valence-corrected chi connectivity index (χ4v) is 2.64. The van der Waals surface area contributed by atoms with E-state index in [9.17, 15) is 4.79 Å². The van der Waals surface area contributed by atoms with Crippen molar-refractivity contribution in [3.05, 3.63) is 29.3 Å². The van der Waals surface area contributed by atoms with Crippen LogP contribution in [0.3, 0.4) is 0 Å². The molecule has 5 nitrogen and oxygen atoms in total. The Bertz CT molecular complexity index is 503. The van der Waals surface area contributed by atoms with Crippen molar-refractivity contribution in [3.8, 4) is 5.75 Å². The normalized spacial score (nSPS) is 16.6. The maximum atomic E-state index is 12.2. The van der Waals surface area contributed by atoms with Crippen LogP contribution in [0.1, 0.15) is 13.8 Å². The summed E-state index contributed by atoms with van der Waals surface area (Å²) in [5.41, 5.74) is 5.95. The van der Waals surface area contributed by atoms with E-state index in [0.717, 1.165) is 38.5 Å². The number of ether oxygens (including phenoxy) is 1. The molecule has 7 heteroatoms. The molecule has 0 bridgehead atoms. The van der Waals surface area contributed by atoms with Gasteiger partial charge in [-0.15, -0.1) is 12.4 Å². The van der Waals surface area contributed by atoms with Crippen molar-refractivity contribution >= 4 is 29.9 Å². The first-order valence-electron chi connectivity index (χ1n) is 8.12. The highest BCUT2D eigenvalue weighted by atomic mass is 35.5. The molecule has 1 saturated heterocycles. The molecule has 1 amide bonds. The first-order valence-corrected chi connectivity index (χ1v) is 8.50. The second-order valence-electron chi connectivity index (χ2n) is 6.24. The minimum atomic E-state index is -0.394. The Morgan fingerprint density at radius 3 is 2.33 bits per heavy atom. The Morgan fingerprint density at radius 2 is 1.79 bits per heavy atom. The molecule has 0 aromatic heterocycles. The molecule has 1 aromatic rings. The van der Waals surface area contributed by atoms with Crippen molar-refractivity contribution < 1.29 is 9.53 Å². The summed E-state index contributed by atoms with van der Waals surface area (Å²) in [7, 11) is 0. The number of nitrogens with zero attached hydrogens (tertiary/aromatic N) is 2. The Labute approximate surface area is 155 Å². The number of carbonyl (C=O) groups excluding carboxylic acids is 1. The summed E-state index contributed by atoms with van der Waals surface area (Å²) in [6.07, 6.45) is 0. The number of hydrogen-bond donors (Lipinski definition) is 1. The van der Waals surface area contributed by atoms with Gasteiger partial charge >= 0.3 is 0 Å². The summed E-state index contributed by atoms with van der Waals surface area (Å²) in [6.45, 7) is 8.63. The molecule has 1 aliphatic rings. The maximum Gasteiger partial charge on any atom is 0.239 e. The molecule has 1 heterocycles. The fourth-order valence-electron chi connectivity index (χ4n) is 2.51. The van der Waals surface area contributed by atoms with E-state index in [1.54, 1.807) is 0 Å². The van der Waals surface area contributed by atoms with Crippen LogP contribution in [0, 0.1) is 5.92 Å². The van der Waals surface area contributed by atoms with E-state index >= 15 is 0 Å². The van der Waals surface area contributed by atoms with E-state index < -0.39 is 6.04 Å². The fraction of sp³-hybridized carbons (Fsp3) is 0.588. The Balaban J connectivity index is 0.00000288. The minimum Gasteiger partial charge on any atom is -0.492 e. The molecule has 2 N–H and O–H groups in total. The Hall–Kier alpha value is -1.01. The summed E-state index contributed by atoms with van der Waals surface area (Å²) in [6, 6.07) is 6.98. The van der Waals surface area contributed by atoms with E-state index in [1.807, 2.05) is 43.0 Å². The lowest BCUT2D eigenvalue weighted by Gasteiger charge is -2.36. The summed E-state index contributed by atoms with van der Waals surface area (Å²) in [4.78, 5) is 16.4. The van der Waals surface area contributed by atoms with Crippen molar-refractivity contribution in [2.24, 2.45) is 11.7 Å². The predicted molar refractivity (Wildman–Crippen MR) is 100 cm³/mol. The van der Waals surface area contributed by atoms with Gasteiger partial charge in [-0.2, -0.15) is 0 Å². The van der Waals surface area contributed by atoms with Crippen LogP contribution in [0.15, 0.2) is 24.3 Å². The van der Waals surface area contributed by atoms with Gasteiger partial charge in [0, 0.05) is 37.7 Å². The van der Waals surface area contributed by atoms with Gasteiger partial charge in [-0.05, 0) is 30.2 Å². The van der Waals surface area contributed by atoms with E-state index in [0.29, 0.717) is 11.6 Å². The van der Waals surface area contributed by atoms with Crippen LogP contribution >= 0.6 is 24.0 Å². The third kappa shape index (κ3) is 6.13. The highest BCUT2D eigenvalue weighted by Gasteiger charge is 2.26. The van der Waals surface area contributed by atoms with Gasteiger partial charge in [-0.1, -0.05) is 25.4 Å². The number of benzene rings is 1. The van der Waals surface area contributed by atoms with E-state index in [2.05, 4.69) is 4.90 Å². The van der Waals surface area contributed by atoms with E-state index in [4.69, 9.17) is 22.1 Å². The zero-order valence-electron chi connectivity index (χ0n) is 14.3. The van der Waals surface area contributed by atoms with Gasteiger partial charge in [0.05, 0.1) is 6.04 Å². The van der Waals surface area contributed by atoms with Crippen molar-refractivity contribution in [2.45, 2.75) is 19.9 Å². The van der Waals surface area contributed by atoms with Gasteiger partial charge < -0.3 is 15.4 Å². The zero-order valence-corrected chi connectivity index (χ0v) is 15.9. The van der Waals surface area contributed by atoms with Crippen LogP contribution in [0.25, 0.3) is 0 Å². The topological polar surface area (TPSA) is 58.8 Å². The minimum absolute atomic E-state index is 0. The van der Waals surface area contributed by atoms with Crippen molar-refractivity contribution in [1.82, 2.24) is 9.80 Å². The van der Waals surface area contributed by atoms with Gasteiger partial charge in [-0.25, -0.2) is 0 Å². The third-order valence-electron chi connectivity index (χ3n) is 4.18. The van der Waals surface area contributed by atoms with Gasteiger partial charge in [0.25, 0.3) is 0 Å². The largest absolute Gasteiger partial charge is 0.492 e. The lowest BCUT2D eigenvalue weighted by Crippen LogP contribution is -2.54. The second kappa shape index (κ2) is 10.1. The molecule has 1 aliphatic heterocycles. The zero-order chi connectivity index (χ0) is 16.8. The van der Waals surface area contributed by atoms with Crippen LogP contribution in [-0.4, -0.2) is 61.1 Å². The van der Waals surface area contributed by atoms with Crippen molar-refractivity contribution in [1.29, 1.82) is 0 Å². The van der Waals surface area contributed by atoms with Gasteiger partial charge in [-0.3, -0.25) is 9.69 Å². The average Bonchev–Trinajstić information content (AvgIpc) is 2.56. The van der Waals surface area contributed by atoms with Gasteiger partial charge in [0.2, 0.25) is 5.91 Å². The molecule has 0 spiro atoms. The van der Waals surface area contributed by atoms with Crippen molar-refractivity contribution in [3.63, 3.8) is 0 Å². The van der Waals surface area contributed by atoms with Crippen LogP contribution in [0.4, 0.5) is 0 Å². The number of amides is 1. The molecule has 24 heavy (non-hydrogen) atoms. The average molecular weight is 376 g/mol. The lowest BCUT2D eigenvalue weighted by atomic mass is 10.0. The van der Waals surface area contributed by atoms with Gasteiger partial charge in [0.15, 0.2) is 0 Å². The highest BCUT2D eigenvalue weighted by molar-refractivity contribution is 6.30. The van der Waals surface area contributed by atoms with E-state index in [1.165, 1.54) is 0 Å². The number of halogens is 2. The Morgan fingerprint density at radius 1 is 1.21 bits per heavy atom. The molecule has 2 rings (SSSR count). The molecular formula is C17H27Cl2N3O2. The summed E-state index contributed by atoms with van der Waals surface area (Å²) < 4.78 is 5.71. The second-order valence-corrected chi connectivity index (χ2v) is 6.68.